The molecule has 1 amide bonds. The van der Waals surface area contributed by atoms with Gasteiger partial charge in [0.05, 0.1) is 24.7 Å². The van der Waals surface area contributed by atoms with Crippen molar-refractivity contribution in [3.05, 3.63) is 0 Å². The van der Waals surface area contributed by atoms with Crippen LogP contribution in [0.15, 0.2) is 0 Å². The molecule has 4 atom stereocenters. The quantitative estimate of drug-likeness (QED) is 0.683. The van der Waals surface area contributed by atoms with Gasteiger partial charge < -0.3 is 20.5 Å². The van der Waals surface area contributed by atoms with Crippen molar-refractivity contribution in [1.29, 1.82) is 0 Å². The molecule has 0 spiro atoms. The first kappa shape index (κ1) is 12.4. The molecule has 3 heterocycles. The molecule has 102 valence electrons. The molecular formula is C13H22N2O3. The van der Waals surface area contributed by atoms with Gasteiger partial charge in [-0.2, -0.15) is 0 Å². The first-order chi connectivity index (χ1) is 8.52. The predicted octanol–water partition coefficient (Wildman–Crippen LogP) is -0.135. The summed E-state index contributed by atoms with van der Waals surface area (Å²) in [5.74, 6) is 0.131. The van der Waals surface area contributed by atoms with Gasteiger partial charge >= 0.3 is 0 Å². The summed E-state index contributed by atoms with van der Waals surface area (Å²) >= 11 is 0. The van der Waals surface area contributed by atoms with E-state index in [1.165, 1.54) is 0 Å². The average molecular weight is 254 g/mol. The number of ether oxygens (including phenoxy) is 1. The van der Waals surface area contributed by atoms with Crippen LogP contribution in [0.25, 0.3) is 0 Å². The van der Waals surface area contributed by atoms with Gasteiger partial charge in [0.25, 0.3) is 0 Å². The van der Waals surface area contributed by atoms with Crippen LogP contribution in [0, 0.1) is 5.41 Å². The van der Waals surface area contributed by atoms with E-state index in [1.54, 1.807) is 0 Å². The number of amides is 1. The number of aliphatic hydroxyl groups excluding tert-OH is 1. The number of piperidine rings is 1. The third-order valence-electron chi connectivity index (χ3n) is 4.95. The number of rotatable bonds is 1. The fraction of sp³-hybridized carbons (Fsp3) is 0.923. The number of hydrogen-bond donors (Lipinski definition) is 2. The van der Waals surface area contributed by atoms with E-state index in [2.05, 4.69) is 0 Å². The van der Waals surface area contributed by atoms with Gasteiger partial charge in [0.1, 0.15) is 0 Å². The Kier molecular flexibility index (Phi) is 2.88. The van der Waals surface area contributed by atoms with Crippen LogP contribution in [0.5, 0.6) is 0 Å². The standard InChI is InChI=1S/C13H22N2O3/c1-13(7-18-6-11(13)14)12(17)15-8-2-3-9(15)5-10(16)4-8/h8-11,16H,2-7,14H2,1H3. The monoisotopic (exact) mass is 254 g/mol. The van der Waals surface area contributed by atoms with E-state index in [0.29, 0.717) is 26.1 Å². The van der Waals surface area contributed by atoms with Crippen LogP contribution in [-0.2, 0) is 9.53 Å². The largest absolute Gasteiger partial charge is 0.393 e. The van der Waals surface area contributed by atoms with Crippen LogP contribution in [0.2, 0.25) is 0 Å². The third-order valence-corrected chi connectivity index (χ3v) is 4.95. The second-order valence-electron chi connectivity index (χ2n) is 6.26. The zero-order chi connectivity index (χ0) is 12.9. The molecule has 3 rings (SSSR count). The van der Waals surface area contributed by atoms with Crippen molar-refractivity contribution in [2.75, 3.05) is 13.2 Å². The molecule has 5 nitrogen and oxygen atoms in total. The number of nitrogens with zero attached hydrogens (tertiary/aromatic N) is 1. The lowest BCUT2D eigenvalue weighted by molar-refractivity contribution is -0.148. The highest BCUT2D eigenvalue weighted by atomic mass is 16.5. The maximum absolute atomic E-state index is 12.8. The highest BCUT2D eigenvalue weighted by Crippen LogP contribution is 2.40. The van der Waals surface area contributed by atoms with Crippen LogP contribution in [0.1, 0.15) is 32.6 Å². The molecule has 3 aliphatic heterocycles. The van der Waals surface area contributed by atoms with Gasteiger partial charge in [-0.15, -0.1) is 0 Å². The zero-order valence-electron chi connectivity index (χ0n) is 10.8. The highest BCUT2D eigenvalue weighted by molar-refractivity contribution is 5.84. The van der Waals surface area contributed by atoms with Crippen molar-refractivity contribution in [2.45, 2.75) is 56.8 Å². The summed E-state index contributed by atoms with van der Waals surface area (Å²) in [6.45, 7) is 2.80. The van der Waals surface area contributed by atoms with E-state index < -0.39 is 5.41 Å². The highest BCUT2D eigenvalue weighted by Gasteiger charge is 2.52. The van der Waals surface area contributed by atoms with Crippen molar-refractivity contribution in [3.8, 4) is 0 Å². The summed E-state index contributed by atoms with van der Waals surface area (Å²) in [5.41, 5.74) is 5.46. The SMILES string of the molecule is CC1(C(=O)N2C3CCC2CC(O)C3)COCC1N. The second-order valence-corrected chi connectivity index (χ2v) is 6.26. The van der Waals surface area contributed by atoms with E-state index in [9.17, 15) is 9.90 Å². The van der Waals surface area contributed by atoms with Gasteiger partial charge in [-0.25, -0.2) is 0 Å². The smallest absolute Gasteiger partial charge is 0.233 e. The minimum Gasteiger partial charge on any atom is -0.393 e. The lowest BCUT2D eigenvalue weighted by atomic mass is 9.82. The van der Waals surface area contributed by atoms with Crippen molar-refractivity contribution in [1.82, 2.24) is 4.90 Å². The zero-order valence-corrected chi connectivity index (χ0v) is 10.8. The molecule has 3 saturated heterocycles. The normalized spacial score (nSPS) is 47.6. The van der Waals surface area contributed by atoms with E-state index in [4.69, 9.17) is 10.5 Å². The number of nitrogens with two attached hydrogens (primary N) is 1. The maximum Gasteiger partial charge on any atom is 0.233 e. The topological polar surface area (TPSA) is 75.8 Å². The number of fused-ring (bicyclic) bond motifs is 2. The molecule has 3 fully saturated rings. The van der Waals surface area contributed by atoms with Crippen LogP contribution >= 0.6 is 0 Å². The Morgan fingerprint density at radius 2 is 2.00 bits per heavy atom. The summed E-state index contributed by atoms with van der Waals surface area (Å²) in [5, 5.41) is 9.78. The van der Waals surface area contributed by atoms with Crippen LogP contribution < -0.4 is 5.73 Å². The third kappa shape index (κ3) is 1.68. The lowest BCUT2D eigenvalue weighted by Gasteiger charge is -2.42. The molecule has 5 heteroatoms. The van der Waals surface area contributed by atoms with Crippen molar-refractivity contribution < 1.29 is 14.6 Å². The molecular weight excluding hydrogens is 232 g/mol. The van der Waals surface area contributed by atoms with Gasteiger partial charge in [0.2, 0.25) is 5.91 Å². The van der Waals surface area contributed by atoms with Crippen molar-refractivity contribution >= 4 is 5.91 Å². The Hall–Kier alpha value is -0.650. The molecule has 0 aromatic heterocycles. The molecule has 0 radical (unpaired) electrons. The molecule has 0 saturated carbocycles. The molecule has 0 aromatic rings. The van der Waals surface area contributed by atoms with E-state index >= 15 is 0 Å². The summed E-state index contributed by atoms with van der Waals surface area (Å²) in [6.07, 6.45) is 3.22. The van der Waals surface area contributed by atoms with Gasteiger partial charge in [0.15, 0.2) is 0 Å². The first-order valence-corrected chi connectivity index (χ1v) is 6.86. The summed E-state index contributed by atoms with van der Waals surface area (Å²) in [6, 6.07) is 0.197. The molecule has 2 bridgehead atoms. The fourth-order valence-corrected chi connectivity index (χ4v) is 3.68. The number of carbonyl (C=O) groups excluding carboxylic acids is 1. The Morgan fingerprint density at radius 3 is 2.50 bits per heavy atom. The summed E-state index contributed by atoms with van der Waals surface area (Å²) < 4.78 is 5.37. The molecule has 3 N–H and O–H groups in total. The van der Waals surface area contributed by atoms with Gasteiger partial charge in [-0.3, -0.25) is 4.79 Å². The molecule has 4 unspecified atom stereocenters. The van der Waals surface area contributed by atoms with Gasteiger partial charge in [-0.05, 0) is 32.6 Å². The van der Waals surface area contributed by atoms with Crippen LogP contribution in [-0.4, -0.2) is 53.4 Å². The Morgan fingerprint density at radius 1 is 1.39 bits per heavy atom. The molecule has 18 heavy (non-hydrogen) atoms. The van der Waals surface area contributed by atoms with Crippen molar-refractivity contribution in [2.24, 2.45) is 11.1 Å². The Bertz CT molecular complexity index is 348. The predicted molar refractivity (Wildman–Crippen MR) is 65.8 cm³/mol. The minimum absolute atomic E-state index is 0.131. The summed E-state index contributed by atoms with van der Waals surface area (Å²) in [7, 11) is 0. The summed E-state index contributed by atoms with van der Waals surface area (Å²) in [4.78, 5) is 14.8. The number of aliphatic hydroxyl groups is 1. The minimum atomic E-state index is -0.580. The molecule has 0 aliphatic carbocycles. The molecule has 0 aromatic carbocycles. The lowest BCUT2D eigenvalue weighted by Crippen LogP contribution is -2.57. The number of hydrogen-bond acceptors (Lipinski definition) is 4. The van der Waals surface area contributed by atoms with Crippen molar-refractivity contribution in [3.63, 3.8) is 0 Å². The van der Waals surface area contributed by atoms with E-state index in [1.807, 2.05) is 11.8 Å². The fourth-order valence-electron chi connectivity index (χ4n) is 3.68. The average Bonchev–Trinajstić information content (AvgIpc) is 2.79. The molecule has 3 aliphatic rings. The van der Waals surface area contributed by atoms with Gasteiger partial charge in [0, 0.05) is 18.1 Å². The maximum atomic E-state index is 12.8. The first-order valence-electron chi connectivity index (χ1n) is 6.86. The Labute approximate surface area is 107 Å². The second kappa shape index (κ2) is 4.18. The van der Waals surface area contributed by atoms with Gasteiger partial charge in [-0.1, -0.05) is 0 Å². The number of carbonyl (C=O) groups is 1. The van der Waals surface area contributed by atoms with E-state index in [0.717, 1.165) is 12.8 Å². The van der Waals surface area contributed by atoms with E-state index in [-0.39, 0.29) is 30.1 Å². The van der Waals surface area contributed by atoms with Crippen LogP contribution in [0.4, 0.5) is 0 Å². The van der Waals surface area contributed by atoms with Crippen LogP contribution in [0.3, 0.4) is 0 Å². The Balaban J connectivity index is 1.81.